The lowest BCUT2D eigenvalue weighted by Crippen LogP contribution is -2.57. The van der Waals surface area contributed by atoms with E-state index < -0.39 is 0 Å². The van der Waals surface area contributed by atoms with Crippen molar-refractivity contribution in [3.63, 3.8) is 0 Å². The fraction of sp³-hybridized carbons (Fsp3) is 0.591. The maximum atomic E-state index is 5.74. The Hall–Kier alpha value is -0.380. The fourth-order valence-electron chi connectivity index (χ4n) is 5.30. The Kier molecular flexibility index (Phi) is 6.78. The van der Waals surface area contributed by atoms with Crippen LogP contribution in [0, 0.1) is 3.57 Å². The lowest BCUT2D eigenvalue weighted by atomic mass is 9.74. The van der Waals surface area contributed by atoms with E-state index in [4.69, 9.17) is 12.2 Å². The first kappa shape index (κ1) is 21.8. The van der Waals surface area contributed by atoms with Gasteiger partial charge >= 0.3 is 0 Å². The van der Waals surface area contributed by atoms with Crippen LogP contribution >= 0.6 is 50.7 Å². The van der Waals surface area contributed by atoms with Crippen LogP contribution in [-0.4, -0.2) is 58.2 Å². The number of fused-ring (bicyclic) bond motifs is 2. The van der Waals surface area contributed by atoms with Crippen molar-refractivity contribution in [2.45, 2.75) is 58.0 Å². The van der Waals surface area contributed by atoms with Crippen molar-refractivity contribution >= 4 is 66.8 Å². The summed E-state index contributed by atoms with van der Waals surface area (Å²) in [4.78, 5) is 8.54. The zero-order valence-electron chi connectivity index (χ0n) is 17.4. The predicted molar refractivity (Wildman–Crippen MR) is 138 cm³/mol. The number of rotatable bonds is 5. The van der Waals surface area contributed by atoms with E-state index in [0.29, 0.717) is 18.0 Å². The first-order chi connectivity index (χ1) is 14.0. The van der Waals surface area contributed by atoms with E-state index in [9.17, 15) is 0 Å². The SMILES string of the molecule is CCCN1C[C@@H](NC(=S)N(CC)CC)C[C@@H]2c3cc(I)cc4[nH]c(Br)c(c34)C[C@H]21. The Morgan fingerprint density at radius 2 is 2.10 bits per heavy atom. The first-order valence-corrected chi connectivity index (χ1v) is 13.0. The Morgan fingerprint density at radius 3 is 2.79 bits per heavy atom. The van der Waals surface area contributed by atoms with Crippen LogP contribution in [0.4, 0.5) is 0 Å². The van der Waals surface area contributed by atoms with E-state index in [-0.39, 0.29) is 0 Å². The minimum Gasteiger partial charge on any atom is -0.359 e. The van der Waals surface area contributed by atoms with E-state index >= 15 is 0 Å². The number of piperidine rings is 1. The highest BCUT2D eigenvalue weighted by molar-refractivity contribution is 14.1. The summed E-state index contributed by atoms with van der Waals surface area (Å²) in [6.45, 7) is 10.8. The Morgan fingerprint density at radius 1 is 1.34 bits per heavy atom. The Labute approximate surface area is 201 Å². The van der Waals surface area contributed by atoms with Crippen molar-refractivity contribution < 1.29 is 0 Å². The van der Waals surface area contributed by atoms with Gasteiger partial charge in [-0.2, -0.15) is 0 Å². The molecule has 3 atom stereocenters. The smallest absolute Gasteiger partial charge is 0.169 e. The number of likely N-dealkylation sites (tertiary alicyclic amines) is 1. The molecule has 2 aromatic rings. The summed E-state index contributed by atoms with van der Waals surface area (Å²) in [6.07, 6.45) is 3.44. The number of halogens is 2. The number of nitrogens with zero attached hydrogens (tertiary/aromatic N) is 2. The predicted octanol–water partition coefficient (Wildman–Crippen LogP) is 5.24. The molecule has 0 spiro atoms. The van der Waals surface area contributed by atoms with Crippen LogP contribution in [0.25, 0.3) is 10.9 Å². The summed E-state index contributed by atoms with van der Waals surface area (Å²) in [5.41, 5.74) is 4.24. The quantitative estimate of drug-likeness (QED) is 0.370. The molecule has 7 heteroatoms. The lowest BCUT2D eigenvalue weighted by molar-refractivity contribution is 0.104. The maximum absolute atomic E-state index is 5.74. The van der Waals surface area contributed by atoms with Gasteiger partial charge in [-0.15, -0.1) is 0 Å². The number of H-pyrrole nitrogens is 1. The minimum atomic E-state index is 0.396. The van der Waals surface area contributed by atoms with E-state index in [1.807, 2.05) is 0 Å². The molecule has 4 nitrogen and oxygen atoms in total. The van der Waals surface area contributed by atoms with Gasteiger partial charge in [-0.25, -0.2) is 0 Å². The molecule has 1 aromatic heterocycles. The average Bonchev–Trinajstić information content (AvgIpc) is 2.99. The van der Waals surface area contributed by atoms with Crippen molar-refractivity contribution in [1.29, 1.82) is 0 Å². The summed E-state index contributed by atoms with van der Waals surface area (Å²) in [5, 5.41) is 6.07. The molecule has 0 unspecified atom stereocenters. The Balaban J connectivity index is 1.69. The van der Waals surface area contributed by atoms with Crippen LogP contribution in [0.15, 0.2) is 16.7 Å². The molecular formula is C22H30BrIN4S. The van der Waals surface area contributed by atoms with Gasteiger partial charge in [0.05, 0.1) is 4.60 Å². The third-order valence-electron chi connectivity index (χ3n) is 6.57. The van der Waals surface area contributed by atoms with E-state index in [0.717, 1.165) is 48.7 Å². The molecule has 29 heavy (non-hydrogen) atoms. The van der Waals surface area contributed by atoms with Crippen molar-refractivity contribution in [2.75, 3.05) is 26.2 Å². The van der Waals surface area contributed by atoms with E-state index in [2.05, 4.69) is 91.5 Å². The molecule has 1 fully saturated rings. The summed E-state index contributed by atoms with van der Waals surface area (Å²) >= 11 is 12.0. The second kappa shape index (κ2) is 9.01. The summed E-state index contributed by atoms with van der Waals surface area (Å²) in [7, 11) is 0. The van der Waals surface area contributed by atoms with Gasteiger partial charge in [-0.05, 0) is 114 Å². The molecule has 1 aromatic carbocycles. The number of hydrogen-bond donors (Lipinski definition) is 2. The van der Waals surface area contributed by atoms with Crippen molar-refractivity contribution in [3.05, 3.63) is 31.4 Å². The number of aromatic nitrogens is 1. The van der Waals surface area contributed by atoms with Crippen LogP contribution in [0.1, 0.15) is 50.7 Å². The second-order valence-electron chi connectivity index (χ2n) is 8.26. The van der Waals surface area contributed by atoms with Gasteiger partial charge in [0.2, 0.25) is 0 Å². The molecule has 1 aliphatic carbocycles. The van der Waals surface area contributed by atoms with Gasteiger partial charge in [0, 0.05) is 52.1 Å². The molecule has 0 saturated carbocycles. The van der Waals surface area contributed by atoms with Crippen molar-refractivity contribution in [3.8, 4) is 0 Å². The third kappa shape index (κ3) is 4.08. The zero-order chi connectivity index (χ0) is 20.7. The van der Waals surface area contributed by atoms with Crippen LogP contribution in [-0.2, 0) is 6.42 Å². The first-order valence-electron chi connectivity index (χ1n) is 10.8. The summed E-state index contributed by atoms with van der Waals surface area (Å²) in [6, 6.07) is 5.65. The number of benzene rings is 1. The van der Waals surface area contributed by atoms with Gasteiger partial charge in [0.1, 0.15) is 0 Å². The molecule has 158 valence electrons. The number of nitrogens with one attached hydrogen (secondary N) is 2. The molecule has 0 amide bonds. The molecule has 2 heterocycles. The van der Waals surface area contributed by atoms with Gasteiger partial charge < -0.3 is 15.2 Å². The second-order valence-corrected chi connectivity index (χ2v) is 10.7. The van der Waals surface area contributed by atoms with Gasteiger partial charge in [-0.1, -0.05) is 6.92 Å². The van der Waals surface area contributed by atoms with Crippen LogP contribution < -0.4 is 5.32 Å². The zero-order valence-corrected chi connectivity index (χ0v) is 22.0. The number of thiocarbonyl (C=S) groups is 1. The molecular weight excluding hydrogens is 559 g/mol. The number of aromatic amines is 1. The van der Waals surface area contributed by atoms with Crippen LogP contribution in [0.3, 0.4) is 0 Å². The van der Waals surface area contributed by atoms with Gasteiger partial charge in [-0.3, -0.25) is 4.90 Å². The standard InChI is InChI=1S/C22H30BrIN4S/c1-4-7-28-12-14(25-22(29)27(5-2)6-3)10-15-16-8-13(24)9-18-20(16)17(11-19(15)28)21(23)26-18/h8-9,14-15,19,26H,4-7,10-12H2,1-3H3,(H,25,29)/t14-,15+,19+/m0/s1. The normalized spacial score (nSPS) is 23.8. The monoisotopic (exact) mass is 588 g/mol. The third-order valence-corrected chi connectivity index (χ3v) is 8.25. The van der Waals surface area contributed by atoms with Gasteiger partial charge in [0.25, 0.3) is 0 Å². The fourth-order valence-corrected chi connectivity index (χ4v) is 6.95. The summed E-state index contributed by atoms with van der Waals surface area (Å²) < 4.78 is 2.47. The van der Waals surface area contributed by atoms with Gasteiger partial charge in [0.15, 0.2) is 5.11 Å². The van der Waals surface area contributed by atoms with Crippen molar-refractivity contribution in [2.24, 2.45) is 0 Å². The highest BCUT2D eigenvalue weighted by atomic mass is 127. The van der Waals surface area contributed by atoms with E-state index in [1.165, 1.54) is 32.0 Å². The molecule has 1 saturated heterocycles. The van der Waals surface area contributed by atoms with E-state index in [1.54, 1.807) is 0 Å². The molecule has 2 N–H and O–H groups in total. The molecule has 2 aliphatic rings. The highest BCUT2D eigenvalue weighted by Gasteiger charge is 2.41. The average molecular weight is 589 g/mol. The van der Waals surface area contributed by atoms with Crippen molar-refractivity contribution in [1.82, 2.24) is 20.1 Å². The lowest BCUT2D eigenvalue weighted by Gasteiger charge is -2.48. The summed E-state index contributed by atoms with van der Waals surface area (Å²) in [5.74, 6) is 0.541. The Bertz CT molecular complexity index is 910. The topological polar surface area (TPSA) is 34.3 Å². The highest BCUT2D eigenvalue weighted by Crippen LogP contribution is 2.46. The molecule has 0 radical (unpaired) electrons. The van der Waals surface area contributed by atoms with Crippen LogP contribution in [0.2, 0.25) is 0 Å². The molecule has 0 bridgehead atoms. The molecule has 4 rings (SSSR count). The molecule has 1 aliphatic heterocycles. The number of hydrogen-bond acceptors (Lipinski definition) is 2. The van der Waals surface area contributed by atoms with Crippen LogP contribution in [0.5, 0.6) is 0 Å². The maximum Gasteiger partial charge on any atom is 0.169 e. The minimum absolute atomic E-state index is 0.396. The largest absolute Gasteiger partial charge is 0.359 e.